The number of esters is 1. The molecule has 0 aliphatic rings. The first-order valence-electron chi connectivity index (χ1n) is 13.1. The fourth-order valence-electron chi connectivity index (χ4n) is 4.90. The minimum Gasteiger partial charge on any atom is -0.464 e. The molecule has 1 N–H and O–H groups in total. The van der Waals surface area contributed by atoms with E-state index in [0.29, 0.717) is 12.8 Å². The number of fused-ring (bicyclic) bond motifs is 1. The Bertz CT molecular complexity index is 1470. The highest BCUT2D eigenvalue weighted by Gasteiger charge is 2.23. The minimum atomic E-state index is -0.730. The number of aryl methyl sites for hydroxylation is 5. The number of nitrogens with zero attached hydrogens (tertiary/aromatic N) is 3. The summed E-state index contributed by atoms with van der Waals surface area (Å²) in [5, 5.41) is 8.71. The average molecular weight is 513 g/mol. The van der Waals surface area contributed by atoms with E-state index in [0.717, 1.165) is 44.8 Å². The highest BCUT2D eigenvalue weighted by molar-refractivity contribution is 5.86. The Morgan fingerprint density at radius 2 is 1.71 bits per heavy atom. The number of hydrogen-bond acceptors (Lipinski definition) is 5. The summed E-state index contributed by atoms with van der Waals surface area (Å²) in [6.07, 6.45) is 1.14. The molecular formula is C31H36N4O3. The lowest BCUT2D eigenvalue weighted by Crippen LogP contribution is -2.43. The van der Waals surface area contributed by atoms with Crippen molar-refractivity contribution in [1.29, 1.82) is 0 Å². The molecule has 2 aromatic carbocycles. The Kier molecular flexibility index (Phi) is 8.25. The molecule has 0 radical (unpaired) electrons. The molecular weight excluding hydrogens is 476 g/mol. The normalized spacial score (nSPS) is 11.9. The lowest BCUT2D eigenvalue weighted by atomic mass is 9.99. The van der Waals surface area contributed by atoms with Crippen LogP contribution < -0.4 is 5.32 Å². The Morgan fingerprint density at radius 1 is 0.974 bits per heavy atom. The third-order valence-corrected chi connectivity index (χ3v) is 7.10. The number of nitrogens with one attached hydrogen (secondary N) is 1. The first kappa shape index (κ1) is 27.0. The number of amides is 1. The maximum absolute atomic E-state index is 13.0. The van der Waals surface area contributed by atoms with Crippen LogP contribution in [0.3, 0.4) is 0 Å². The lowest BCUT2D eigenvalue weighted by Gasteiger charge is -2.18. The molecule has 198 valence electrons. The molecule has 0 unspecified atom stereocenters. The van der Waals surface area contributed by atoms with Crippen molar-refractivity contribution >= 4 is 22.9 Å². The van der Waals surface area contributed by atoms with Gasteiger partial charge in [-0.2, -0.15) is 5.10 Å². The van der Waals surface area contributed by atoms with Gasteiger partial charge >= 0.3 is 5.97 Å². The van der Waals surface area contributed by atoms with E-state index < -0.39 is 12.0 Å². The first-order valence-corrected chi connectivity index (χ1v) is 13.1. The smallest absolute Gasteiger partial charge is 0.328 e. The number of carbonyl (C=O) groups is 2. The second kappa shape index (κ2) is 11.6. The number of hydrogen-bond donors (Lipinski definition) is 1. The molecule has 4 rings (SSSR count). The van der Waals surface area contributed by atoms with E-state index in [1.165, 1.54) is 11.1 Å². The van der Waals surface area contributed by atoms with Crippen LogP contribution in [0.15, 0.2) is 48.5 Å². The molecule has 0 saturated carbocycles. The molecule has 2 aromatic heterocycles. The fraction of sp³-hybridized carbons (Fsp3) is 0.355. The lowest BCUT2D eigenvalue weighted by molar-refractivity contribution is -0.147. The minimum absolute atomic E-state index is 0.194. The van der Waals surface area contributed by atoms with Crippen LogP contribution in [0.4, 0.5) is 0 Å². The van der Waals surface area contributed by atoms with Crippen LogP contribution >= 0.6 is 0 Å². The van der Waals surface area contributed by atoms with Gasteiger partial charge in [-0.25, -0.2) is 14.5 Å². The van der Waals surface area contributed by atoms with Crippen LogP contribution in [0.1, 0.15) is 52.5 Å². The van der Waals surface area contributed by atoms with E-state index >= 15 is 0 Å². The van der Waals surface area contributed by atoms with Crippen LogP contribution in [-0.4, -0.2) is 39.3 Å². The van der Waals surface area contributed by atoms with E-state index in [-0.39, 0.29) is 18.9 Å². The van der Waals surface area contributed by atoms with Gasteiger partial charge in [-0.3, -0.25) is 4.79 Å². The summed E-state index contributed by atoms with van der Waals surface area (Å²) in [4.78, 5) is 30.5. The standard InChI is InChI=1S/C31H36N4O3/c1-7-38-31(37)27(18-24-11-9-8-10-12-24)33-28(36)16-15-26-21(4)29-23(6)34-35(30(29)32-22(26)5)25-14-13-19(2)20(3)17-25/h8-14,17,27H,7,15-16,18H2,1-6H3,(H,33,36)/t27-/m1/s1. The van der Waals surface area contributed by atoms with Crippen molar-refractivity contribution in [1.82, 2.24) is 20.1 Å². The average Bonchev–Trinajstić information content (AvgIpc) is 3.21. The van der Waals surface area contributed by atoms with E-state index in [9.17, 15) is 9.59 Å². The number of ether oxygens (including phenoxy) is 1. The van der Waals surface area contributed by atoms with Gasteiger partial charge in [-0.1, -0.05) is 36.4 Å². The van der Waals surface area contributed by atoms with Crippen molar-refractivity contribution in [3.63, 3.8) is 0 Å². The number of benzene rings is 2. The molecule has 7 heteroatoms. The number of rotatable bonds is 9. The Morgan fingerprint density at radius 3 is 2.39 bits per heavy atom. The third-order valence-electron chi connectivity index (χ3n) is 7.10. The predicted molar refractivity (Wildman–Crippen MR) is 150 cm³/mol. The number of pyridine rings is 1. The largest absolute Gasteiger partial charge is 0.464 e. The Hall–Kier alpha value is -4.00. The maximum Gasteiger partial charge on any atom is 0.328 e. The van der Waals surface area contributed by atoms with Gasteiger partial charge in [0.15, 0.2) is 5.65 Å². The highest BCUT2D eigenvalue weighted by atomic mass is 16.5. The summed E-state index contributed by atoms with van der Waals surface area (Å²) < 4.78 is 7.12. The van der Waals surface area contributed by atoms with Crippen LogP contribution in [0.2, 0.25) is 0 Å². The van der Waals surface area contributed by atoms with Crippen LogP contribution in [0.5, 0.6) is 0 Å². The number of aromatic nitrogens is 3. The quantitative estimate of drug-likeness (QED) is 0.312. The summed E-state index contributed by atoms with van der Waals surface area (Å²) in [7, 11) is 0. The van der Waals surface area contributed by atoms with Gasteiger partial charge in [0.2, 0.25) is 5.91 Å². The van der Waals surface area contributed by atoms with Gasteiger partial charge in [0, 0.05) is 23.9 Å². The molecule has 0 fully saturated rings. The van der Waals surface area contributed by atoms with Crippen molar-refractivity contribution in [2.75, 3.05) is 6.61 Å². The summed E-state index contributed by atoms with van der Waals surface area (Å²) in [5.74, 6) is -0.616. The second-order valence-corrected chi connectivity index (χ2v) is 9.83. The van der Waals surface area contributed by atoms with Crippen molar-refractivity contribution in [3.8, 4) is 5.69 Å². The SMILES string of the molecule is CCOC(=O)[C@@H](Cc1ccccc1)NC(=O)CCc1c(C)nc2c(c(C)nn2-c2ccc(C)c(C)c2)c1C. The molecule has 2 heterocycles. The maximum atomic E-state index is 13.0. The molecule has 4 aromatic rings. The monoisotopic (exact) mass is 512 g/mol. The zero-order valence-corrected chi connectivity index (χ0v) is 23.1. The summed E-state index contributed by atoms with van der Waals surface area (Å²) in [6, 6.07) is 15.2. The summed E-state index contributed by atoms with van der Waals surface area (Å²) in [5.41, 5.74) is 9.09. The van der Waals surface area contributed by atoms with Gasteiger partial charge in [0.1, 0.15) is 6.04 Å². The van der Waals surface area contributed by atoms with E-state index in [2.05, 4.69) is 44.3 Å². The van der Waals surface area contributed by atoms with Crippen molar-refractivity contribution < 1.29 is 14.3 Å². The molecule has 0 aliphatic heterocycles. The zero-order chi connectivity index (χ0) is 27.4. The van der Waals surface area contributed by atoms with E-state index in [1.807, 2.05) is 48.9 Å². The fourth-order valence-corrected chi connectivity index (χ4v) is 4.90. The van der Waals surface area contributed by atoms with E-state index in [1.54, 1.807) is 6.92 Å². The zero-order valence-electron chi connectivity index (χ0n) is 23.1. The first-order chi connectivity index (χ1) is 18.2. The van der Waals surface area contributed by atoms with Crippen LogP contribution in [0.25, 0.3) is 16.7 Å². The van der Waals surface area contributed by atoms with Gasteiger partial charge in [-0.05, 0) is 87.9 Å². The van der Waals surface area contributed by atoms with Gasteiger partial charge < -0.3 is 10.1 Å². The molecule has 0 aliphatic carbocycles. The predicted octanol–water partition coefficient (Wildman–Crippen LogP) is 5.19. The molecule has 7 nitrogen and oxygen atoms in total. The van der Waals surface area contributed by atoms with Gasteiger partial charge in [-0.15, -0.1) is 0 Å². The second-order valence-electron chi connectivity index (χ2n) is 9.83. The Balaban J connectivity index is 1.54. The summed E-state index contributed by atoms with van der Waals surface area (Å²) in [6.45, 7) is 12.3. The Labute approximate surface area is 224 Å². The number of carbonyl (C=O) groups excluding carboxylic acids is 2. The van der Waals surface area contributed by atoms with Crippen molar-refractivity contribution in [2.24, 2.45) is 0 Å². The molecule has 1 atom stereocenters. The van der Waals surface area contributed by atoms with Crippen molar-refractivity contribution in [3.05, 3.63) is 87.7 Å². The van der Waals surface area contributed by atoms with E-state index in [4.69, 9.17) is 14.8 Å². The van der Waals surface area contributed by atoms with Crippen LogP contribution in [-0.2, 0) is 27.2 Å². The van der Waals surface area contributed by atoms with Gasteiger partial charge in [0.25, 0.3) is 0 Å². The third kappa shape index (κ3) is 5.77. The molecule has 0 spiro atoms. The molecule has 38 heavy (non-hydrogen) atoms. The molecule has 0 saturated heterocycles. The molecule has 0 bridgehead atoms. The van der Waals surface area contributed by atoms with Gasteiger partial charge in [0.05, 0.1) is 18.0 Å². The highest BCUT2D eigenvalue weighted by Crippen LogP contribution is 2.28. The molecule has 1 amide bonds. The van der Waals surface area contributed by atoms with Crippen LogP contribution in [0, 0.1) is 34.6 Å². The topological polar surface area (TPSA) is 86.1 Å². The van der Waals surface area contributed by atoms with Crippen molar-refractivity contribution in [2.45, 2.75) is 66.8 Å². The summed E-state index contributed by atoms with van der Waals surface area (Å²) >= 11 is 0.